The Morgan fingerprint density at radius 3 is 2.70 bits per heavy atom. The third kappa shape index (κ3) is 2.82. The molecule has 0 N–H and O–H groups in total. The highest BCUT2D eigenvalue weighted by molar-refractivity contribution is 5.78. The number of carbonyl (C=O) groups excluding carboxylic acids is 1. The molecule has 1 aromatic heterocycles. The number of nitro groups is 1. The van der Waals surface area contributed by atoms with Gasteiger partial charge < -0.3 is 4.74 Å². The molecule has 1 aromatic carbocycles. The largest absolute Gasteiger partial charge is 0.464 e. The van der Waals surface area contributed by atoms with Crippen molar-refractivity contribution in [1.29, 1.82) is 0 Å². The van der Waals surface area contributed by atoms with Crippen LogP contribution in [-0.4, -0.2) is 27.3 Å². The van der Waals surface area contributed by atoms with E-state index in [2.05, 4.69) is 5.10 Å². The summed E-state index contributed by atoms with van der Waals surface area (Å²) < 4.78 is 6.25. The first-order valence-electron chi connectivity index (χ1n) is 6.03. The van der Waals surface area contributed by atoms with Gasteiger partial charge in [-0.05, 0) is 12.5 Å². The fraction of sp³-hybridized carbons (Fsp3) is 0.231. The highest BCUT2D eigenvalue weighted by Crippen LogP contribution is 2.21. The van der Waals surface area contributed by atoms with Crippen molar-refractivity contribution in [3.63, 3.8) is 0 Å². The van der Waals surface area contributed by atoms with Crippen molar-refractivity contribution >= 4 is 11.7 Å². The van der Waals surface area contributed by atoms with E-state index in [9.17, 15) is 14.9 Å². The number of benzene rings is 1. The molecule has 0 fully saturated rings. The summed E-state index contributed by atoms with van der Waals surface area (Å²) in [7, 11) is 0. The quantitative estimate of drug-likeness (QED) is 0.472. The summed E-state index contributed by atoms with van der Waals surface area (Å²) in [6.07, 6.45) is 2.32. The Balaban J connectivity index is 2.40. The van der Waals surface area contributed by atoms with E-state index < -0.39 is 16.9 Å². The molecule has 2 rings (SSSR count). The minimum absolute atomic E-state index is 0.171. The van der Waals surface area contributed by atoms with Gasteiger partial charge in [0, 0.05) is 0 Å². The highest BCUT2D eigenvalue weighted by Gasteiger charge is 2.26. The molecule has 20 heavy (non-hydrogen) atoms. The Kier molecular flexibility index (Phi) is 4.09. The smallest absolute Gasteiger partial charge is 0.335 e. The summed E-state index contributed by atoms with van der Waals surface area (Å²) in [5.41, 5.74) is 0.485. The maximum Gasteiger partial charge on any atom is 0.335 e. The van der Waals surface area contributed by atoms with E-state index in [1.54, 1.807) is 31.2 Å². The number of nitrogens with zero attached hydrogens (tertiary/aromatic N) is 3. The first-order chi connectivity index (χ1) is 9.63. The third-order valence-electron chi connectivity index (χ3n) is 2.69. The second-order valence-electron chi connectivity index (χ2n) is 4.00. The number of aromatic nitrogens is 2. The van der Waals surface area contributed by atoms with Gasteiger partial charge in [-0.25, -0.2) is 9.48 Å². The normalized spacial score (nSPS) is 11.8. The molecule has 0 amide bonds. The number of hydrogen-bond acceptors (Lipinski definition) is 5. The average Bonchev–Trinajstić information content (AvgIpc) is 2.90. The van der Waals surface area contributed by atoms with E-state index in [1.165, 1.54) is 10.9 Å². The molecule has 0 saturated heterocycles. The van der Waals surface area contributed by atoms with Crippen LogP contribution in [0.25, 0.3) is 0 Å². The molecule has 1 heterocycles. The molecule has 1 atom stereocenters. The number of ether oxygens (including phenoxy) is 1. The maximum atomic E-state index is 12.1. The molecule has 1 unspecified atom stereocenters. The van der Waals surface area contributed by atoms with Crippen LogP contribution in [0.4, 0.5) is 5.69 Å². The number of carbonyl (C=O) groups is 1. The minimum atomic E-state index is -0.829. The van der Waals surface area contributed by atoms with E-state index >= 15 is 0 Å². The molecule has 0 bridgehead atoms. The van der Waals surface area contributed by atoms with Crippen LogP contribution in [0.5, 0.6) is 0 Å². The fourth-order valence-electron chi connectivity index (χ4n) is 1.82. The Hall–Kier alpha value is -2.70. The van der Waals surface area contributed by atoms with Gasteiger partial charge in [-0.1, -0.05) is 30.3 Å². The summed E-state index contributed by atoms with van der Waals surface area (Å²) >= 11 is 0. The van der Waals surface area contributed by atoms with E-state index in [0.29, 0.717) is 5.56 Å². The number of esters is 1. The molecule has 2 aromatic rings. The zero-order valence-electron chi connectivity index (χ0n) is 10.8. The van der Waals surface area contributed by atoms with Crippen LogP contribution in [0.1, 0.15) is 18.5 Å². The van der Waals surface area contributed by atoms with Gasteiger partial charge in [0.2, 0.25) is 0 Å². The lowest BCUT2D eigenvalue weighted by Gasteiger charge is -2.15. The van der Waals surface area contributed by atoms with E-state index in [-0.39, 0.29) is 12.3 Å². The summed E-state index contributed by atoms with van der Waals surface area (Å²) in [5.74, 6) is -0.503. The lowest BCUT2D eigenvalue weighted by atomic mass is 10.1. The monoisotopic (exact) mass is 275 g/mol. The molecule has 0 spiro atoms. The molecule has 0 radical (unpaired) electrons. The maximum absolute atomic E-state index is 12.1. The molecular weight excluding hydrogens is 262 g/mol. The highest BCUT2D eigenvalue weighted by atomic mass is 16.6. The van der Waals surface area contributed by atoms with Crippen molar-refractivity contribution in [2.24, 2.45) is 0 Å². The predicted molar refractivity (Wildman–Crippen MR) is 70.1 cm³/mol. The standard InChI is InChI=1S/C13H13N3O4/c1-2-20-13(17)12(10-6-4-3-5-7-10)15-9-11(8-14-15)16(18)19/h3-9,12H,2H2,1H3. The van der Waals surface area contributed by atoms with Gasteiger partial charge in [0.25, 0.3) is 0 Å². The van der Waals surface area contributed by atoms with Gasteiger partial charge in [0.15, 0.2) is 6.04 Å². The first kappa shape index (κ1) is 13.7. The second-order valence-corrected chi connectivity index (χ2v) is 4.00. The lowest BCUT2D eigenvalue weighted by Crippen LogP contribution is -2.23. The second kappa shape index (κ2) is 5.96. The summed E-state index contributed by atoms with van der Waals surface area (Å²) in [6, 6.07) is 8.03. The van der Waals surface area contributed by atoms with Crippen LogP contribution < -0.4 is 0 Å². The number of rotatable bonds is 5. The Morgan fingerprint density at radius 2 is 2.15 bits per heavy atom. The van der Waals surface area contributed by atoms with Crippen molar-refractivity contribution < 1.29 is 14.5 Å². The van der Waals surface area contributed by atoms with Crippen molar-refractivity contribution in [2.75, 3.05) is 6.61 Å². The third-order valence-corrected chi connectivity index (χ3v) is 2.69. The van der Waals surface area contributed by atoms with Gasteiger partial charge in [-0.3, -0.25) is 10.1 Å². The Labute approximate surface area is 114 Å². The summed E-state index contributed by atoms with van der Waals surface area (Å²) in [5, 5.41) is 14.6. The van der Waals surface area contributed by atoms with Crippen LogP contribution in [0, 0.1) is 10.1 Å². The van der Waals surface area contributed by atoms with Crippen molar-refractivity contribution in [3.05, 3.63) is 58.4 Å². The van der Waals surface area contributed by atoms with Crippen molar-refractivity contribution in [3.8, 4) is 0 Å². The molecular formula is C13H13N3O4. The zero-order valence-corrected chi connectivity index (χ0v) is 10.8. The molecule has 0 aliphatic heterocycles. The molecule has 7 nitrogen and oxygen atoms in total. The van der Waals surface area contributed by atoms with Crippen LogP contribution in [0.3, 0.4) is 0 Å². The van der Waals surface area contributed by atoms with Gasteiger partial charge in [-0.15, -0.1) is 0 Å². The van der Waals surface area contributed by atoms with Crippen LogP contribution in [0.15, 0.2) is 42.7 Å². The summed E-state index contributed by atoms with van der Waals surface area (Å²) in [6.45, 7) is 1.93. The number of hydrogen-bond donors (Lipinski definition) is 0. The lowest BCUT2D eigenvalue weighted by molar-refractivity contribution is -0.385. The van der Waals surface area contributed by atoms with Crippen LogP contribution in [-0.2, 0) is 9.53 Å². The van der Waals surface area contributed by atoms with Gasteiger partial charge in [0.05, 0.1) is 11.5 Å². The van der Waals surface area contributed by atoms with E-state index in [1.807, 2.05) is 6.07 Å². The molecule has 104 valence electrons. The van der Waals surface area contributed by atoms with Gasteiger partial charge in [0.1, 0.15) is 12.4 Å². The fourth-order valence-corrected chi connectivity index (χ4v) is 1.82. The Bertz CT molecular complexity index is 609. The zero-order chi connectivity index (χ0) is 14.5. The summed E-state index contributed by atoms with van der Waals surface area (Å²) in [4.78, 5) is 22.2. The topological polar surface area (TPSA) is 87.3 Å². The molecule has 0 saturated carbocycles. The van der Waals surface area contributed by atoms with Gasteiger partial charge >= 0.3 is 11.7 Å². The molecule has 0 aliphatic carbocycles. The Morgan fingerprint density at radius 1 is 1.45 bits per heavy atom. The van der Waals surface area contributed by atoms with E-state index in [4.69, 9.17) is 4.74 Å². The average molecular weight is 275 g/mol. The minimum Gasteiger partial charge on any atom is -0.464 e. The van der Waals surface area contributed by atoms with E-state index in [0.717, 1.165) is 6.20 Å². The predicted octanol–water partition coefficient (Wildman–Crippen LogP) is 1.94. The SMILES string of the molecule is CCOC(=O)C(c1ccccc1)n1cc([N+](=O)[O-])cn1. The van der Waals surface area contributed by atoms with Gasteiger partial charge in [-0.2, -0.15) is 5.10 Å². The molecule has 0 aliphatic rings. The van der Waals surface area contributed by atoms with Crippen LogP contribution in [0.2, 0.25) is 0 Å². The van der Waals surface area contributed by atoms with Crippen molar-refractivity contribution in [2.45, 2.75) is 13.0 Å². The van der Waals surface area contributed by atoms with Crippen LogP contribution >= 0.6 is 0 Å². The first-order valence-corrected chi connectivity index (χ1v) is 6.03. The van der Waals surface area contributed by atoms with Crippen molar-refractivity contribution in [1.82, 2.24) is 9.78 Å². The molecule has 7 heteroatoms.